The highest BCUT2D eigenvalue weighted by atomic mass is 15.1. The number of allylic oxidation sites excluding steroid dienone is 1. The Balaban J connectivity index is 2.79. The van der Waals surface area contributed by atoms with Gasteiger partial charge in [0, 0.05) is 25.8 Å². The molecular formula is C12H20N2. The van der Waals surface area contributed by atoms with E-state index in [1.54, 1.807) is 0 Å². The average Bonchev–Trinajstić information content (AvgIpc) is 2.22. The number of likely N-dealkylation sites (tertiary alicyclic amines) is 1. The van der Waals surface area contributed by atoms with Crippen LogP contribution in [0.1, 0.15) is 13.3 Å². The molecule has 0 saturated carbocycles. The van der Waals surface area contributed by atoms with Gasteiger partial charge < -0.3 is 5.32 Å². The van der Waals surface area contributed by atoms with Gasteiger partial charge in [-0.1, -0.05) is 20.1 Å². The topological polar surface area (TPSA) is 15.3 Å². The van der Waals surface area contributed by atoms with Crippen LogP contribution in [0.15, 0.2) is 36.1 Å². The summed E-state index contributed by atoms with van der Waals surface area (Å²) in [5.74, 6) is 0. The molecule has 2 heteroatoms. The van der Waals surface area contributed by atoms with Crippen LogP contribution in [0.25, 0.3) is 0 Å². The van der Waals surface area contributed by atoms with E-state index in [0.29, 0.717) is 0 Å². The molecule has 0 atom stereocenters. The minimum atomic E-state index is 0.991. The fourth-order valence-electron chi connectivity index (χ4n) is 1.86. The lowest BCUT2D eigenvalue weighted by atomic mass is 9.97. The summed E-state index contributed by atoms with van der Waals surface area (Å²) in [6.07, 6.45) is 2.96. The molecule has 0 radical (unpaired) electrons. The Morgan fingerprint density at radius 3 is 2.79 bits per heavy atom. The Morgan fingerprint density at radius 1 is 1.64 bits per heavy atom. The third kappa shape index (κ3) is 2.26. The summed E-state index contributed by atoms with van der Waals surface area (Å²) in [5, 5.41) is 3.17. The summed E-state index contributed by atoms with van der Waals surface area (Å²) >= 11 is 0. The number of piperidine rings is 1. The van der Waals surface area contributed by atoms with Crippen molar-refractivity contribution in [1.29, 1.82) is 0 Å². The van der Waals surface area contributed by atoms with E-state index in [-0.39, 0.29) is 0 Å². The molecule has 1 aliphatic rings. The van der Waals surface area contributed by atoms with Crippen molar-refractivity contribution in [3.05, 3.63) is 36.1 Å². The van der Waals surface area contributed by atoms with E-state index in [1.165, 1.54) is 11.1 Å². The van der Waals surface area contributed by atoms with Crippen LogP contribution in [0.4, 0.5) is 0 Å². The van der Waals surface area contributed by atoms with Crippen LogP contribution in [0.3, 0.4) is 0 Å². The maximum Gasteiger partial charge on any atom is 0.0367 e. The van der Waals surface area contributed by atoms with Gasteiger partial charge in [-0.15, -0.1) is 0 Å². The van der Waals surface area contributed by atoms with E-state index >= 15 is 0 Å². The van der Waals surface area contributed by atoms with Gasteiger partial charge in [0.2, 0.25) is 0 Å². The Kier molecular flexibility index (Phi) is 3.96. The first kappa shape index (κ1) is 11.1. The van der Waals surface area contributed by atoms with Gasteiger partial charge in [-0.2, -0.15) is 0 Å². The van der Waals surface area contributed by atoms with Crippen LogP contribution in [-0.2, 0) is 0 Å². The minimum absolute atomic E-state index is 0.991. The van der Waals surface area contributed by atoms with E-state index in [1.807, 2.05) is 13.1 Å². The van der Waals surface area contributed by atoms with Crippen molar-refractivity contribution in [1.82, 2.24) is 10.2 Å². The Bertz CT molecular complexity index is 263. The van der Waals surface area contributed by atoms with Gasteiger partial charge >= 0.3 is 0 Å². The van der Waals surface area contributed by atoms with Crippen LogP contribution in [0.5, 0.6) is 0 Å². The number of nitrogens with one attached hydrogen (secondary N) is 1. The van der Waals surface area contributed by atoms with Crippen molar-refractivity contribution in [2.24, 2.45) is 0 Å². The smallest absolute Gasteiger partial charge is 0.0367 e. The highest BCUT2D eigenvalue weighted by molar-refractivity contribution is 5.39. The summed E-state index contributed by atoms with van der Waals surface area (Å²) in [5.41, 5.74) is 3.69. The van der Waals surface area contributed by atoms with E-state index in [0.717, 1.165) is 31.8 Å². The number of rotatable bonds is 3. The maximum absolute atomic E-state index is 4.12. The Labute approximate surface area is 87.0 Å². The standard InChI is InChI=1S/C12H20N2/c1-5-12(13-4)11-7-8-14(6-2)9-10(11)3/h5,13H,1,3,6-9H2,2,4H3/b12-11+. The fourth-order valence-corrected chi connectivity index (χ4v) is 1.86. The lowest BCUT2D eigenvalue weighted by molar-refractivity contribution is 0.300. The van der Waals surface area contributed by atoms with E-state index in [2.05, 4.69) is 30.3 Å². The molecule has 2 nitrogen and oxygen atoms in total. The Morgan fingerprint density at radius 2 is 2.36 bits per heavy atom. The molecule has 1 N–H and O–H groups in total. The zero-order valence-corrected chi connectivity index (χ0v) is 9.27. The SMILES string of the molecule is C=C/C(NC)=C1/CCN(CC)CC1=C. The van der Waals surface area contributed by atoms with Gasteiger partial charge in [0.05, 0.1) is 0 Å². The Hall–Kier alpha value is -1.02. The average molecular weight is 192 g/mol. The summed E-state index contributed by atoms with van der Waals surface area (Å²) in [4.78, 5) is 2.40. The normalized spacial score (nSPS) is 22.0. The van der Waals surface area contributed by atoms with Crippen molar-refractivity contribution in [3.8, 4) is 0 Å². The first-order chi connectivity index (χ1) is 6.72. The van der Waals surface area contributed by atoms with Crippen LogP contribution >= 0.6 is 0 Å². The maximum atomic E-state index is 4.12. The highest BCUT2D eigenvalue weighted by Crippen LogP contribution is 2.23. The largest absolute Gasteiger partial charge is 0.388 e. The molecule has 0 bridgehead atoms. The predicted octanol–water partition coefficient (Wildman–Crippen LogP) is 1.93. The molecule has 1 saturated heterocycles. The monoisotopic (exact) mass is 192 g/mol. The second-order valence-electron chi connectivity index (χ2n) is 3.57. The summed E-state index contributed by atoms with van der Waals surface area (Å²) < 4.78 is 0. The molecular weight excluding hydrogens is 172 g/mol. The van der Waals surface area contributed by atoms with Crippen LogP contribution in [0, 0.1) is 0 Å². The quantitative estimate of drug-likeness (QED) is 0.735. The molecule has 0 amide bonds. The minimum Gasteiger partial charge on any atom is -0.388 e. The van der Waals surface area contributed by atoms with Gasteiger partial charge in [0.1, 0.15) is 0 Å². The van der Waals surface area contributed by atoms with Gasteiger partial charge in [0.25, 0.3) is 0 Å². The van der Waals surface area contributed by atoms with E-state index in [4.69, 9.17) is 0 Å². The number of nitrogens with zero attached hydrogens (tertiary/aromatic N) is 1. The van der Waals surface area contributed by atoms with Crippen LogP contribution in [0.2, 0.25) is 0 Å². The first-order valence-corrected chi connectivity index (χ1v) is 5.16. The second kappa shape index (κ2) is 5.01. The number of hydrogen-bond donors (Lipinski definition) is 1. The van der Waals surface area contributed by atoms with Crippen LogP contribution < -0.4 is 5.32 Å². The molecule has 1 fully saturated rings. The molecule has 1 rings (SSSR count). The van der Waals surface area contributed by atoms with Crippen molar-refractivity contribution in [2.75, 3.05) is 26.7 Å². The lowest BCUT2D eigenvalue weighted by Gasteiger charge is -2.30. The predicted molar refractivity (Wildman–Crippen MR) is 62.2 cm³/mol. The van der Waals surface area contributed by atoms with Gasteiger partial charge in [-0.3, -0.25) is 4.90 Å². The lowest BCUT2D eigenvalue weighted by Crippen LogP contribution is -2.32. The molecule has 1 aliphatic heterocycles. The zero-order chi connectivity index (χ0) is 10.6. The molecule has 0 aromatic heterocycles. The van der Waals surface area contributed by atoms with Crippen molar-refractivity contribution >= 4 is 0 Å². The van der Waals surface area contributed by atoms with Crippen molar-refractivity contribution < 1.29 is 0 Å². The zero-order valence-electron chi connectivity index (χ0n) is 9.27. The summed E-state index contributed by atoms with van der Waals surface area (Å²) in [6, 6.07) is 0. The summed E-state index contributed by atoms with van der Waals surface area (Å²) in [7, 11) is 1.93. The molecule has 14 heavy (non-hydrogen) atoms. The summed E-state index contributed by atoms with van der Waals surface area (Å²) in [6.45, 7) is 13.3. The molecule has 78 valence electrons. The molecule has 0 aromatic rings. The van der Waals surface area contributed by atoms with Crippen molar-refractivity contribution in [3.63, 3.8) is 0 Å². The molecule has 0 aromatic carbocycles. The van der Waals surface area contributed by atoms with Crippen molar-refractivity contribution in [2.45, 2.75) is 13.3 Å². The third-order valence-corrected chi connectivity index (χ3v) is 2.77. The second-order valence-corrected chi connectivity index (χ2v) is 3.57. The first-order valence-electron chi connectivity index (χ1n) is 5.16. The van der Waals surface area contributed by atoms with Gasteiger partial charge in [-0.25, -0.2) is 0 Å². The van der Waals surface area contributed by atoms with Crippen LogP contribution in [-0.4, -0.2) is 31.6 Å². The van der Waals surface area contributed by atoms with Gasteiger partial charge in [0.15, 0.2) is 0 Å². The van der Waals surface area contributed by atoms with E-state index in [9.17, 15) is 0 Å². The highest BCUT2D eigenvalue weighted by Gasteiger charge is 2.17. The molecule has 0 spiro atoms. The molecule has 0 unspecified atom stereocenters. The fraction of sp³-hybridized carbons (Fsp3) is 0.500. The third-order valence-electron chi connectivity index (χ3n) is 2.77. The number of likely N-dealkylation sites (N-methyl/N-ethyl adjacent to an activating group) is 2. The number of hydrogen-bond acceptors (Lipinski definition) is 2. The molecule has 0 aliphatic carbocycles. The molecule has 1 heterocycles. The van der Waals surface area contributed by atoms with E-state index < -0.39 is 0 Å². The van der Waals surface area contributed by atoms with Gasteiger partial charge in [-0.05, 0) is 30.2 Å².